The molecule has 0 radical (unpaired) electrons. The average Bonchev–Trinajstić information content (AvgIpc) is 2.29. The summed E-state index contributed by atoms with van der Waals surface area (Å²) in [5.41, 5.74) is 1.10. The topological polar surface area (TPSA) is 28.9 Å². The van der Waals surface area contributed by atoms with E-state index in [0.29, 0.717) is 15.6 Å². The van der Waals surface area contributed by atoms with Gasteiger partial charge in [-0.1, -0.05) is 0 Å². The third-order valence-electron chi connectivity index (χ3n) is 1.44. The van der Waals surface area contributed by atoms with Gasteiger partial charge in [0.05, 0.1) is 9.99 Å². The Labute approximate surface area is 80.5 Å². The molecule has 0 saturated heterocycles. The van der Waals surface area contributed by atoms with Gasteiger partial charge >= 0.3 is 0 Å². The van der Waals surface area contributed by atoms with Crippen molar-refractivity contribution in [3.63, 3.8) is 0 Å². The predicted octanol–water partition coefficient (Wildman–Crippen LogP) is 3.39. The second-order valence-corrected chi connectivity index (χ2v) is 3.50. The fourth-order valence-corrected chi connectivity index (χ4v) is 1.69. The molecule has 0 aliphatic carbocycles. The molecule has 1 N–H and O–H groups in total. The molecule has 0 saturated carbocycles. The molecule has 5 heteroatoms. The van der Waals surface area contributed by atoms with Gasteiger partial charge in [-0.05, 0) is 34.2 Å². The second kappa shape index (κ2) is 2.67. The van der Waals surface area contributed by atoms with E-state index in [1.165, 1.54) is 12.1 Å². The first-order valence-electron chi connectivity index (χ1n) is 3.15. The van der Waals surface area contributed by atoms with Crippen LogP contribution in [-0.2, 0) is 0 Å². The first-order valence-corrected chi connectivity index (χ1v) is 4.35. The number of nitrogens with one attached hydrogen (secondary N) is 1. The molecule has 62 valence electrons. The van der Waals surface area contributed by atoms with E-state index >= 15 is 0 Å². The molecule has 2 rings (SSSR count). The van der Waals surface area contributed by atoms with Crippen molar-refractivity contribution in [1.29, 1.82) is 0 Å². The van der Waals surface area contributed by atoms with E-state index in [0.717, 1.165) is 0 Å². The number of halogens is 2. The normalized spacial score (nSPS) is 10.8. The van der Waals surface area contributed by atoms with Crippen LogP contribution >= 0.6 is 28.1 Å². The Bertz CT molecular complexity index is 490. The Balaban J connectivity index is 2.97. The summed E-state index contributed by atoms with van der Waals surface area (Å²) in [6.45, 7) is 0. The number of hydrogen-bond acceptors (Lipinski definition) is 2. The van der Waals surface area contributed by atoms with E-state index in [-0.39, 0.29) is 10.7 Å². The highest BCUT2D eigenvalue weighted by Gasteiger charge is 2.05. The molecule has 0 unspecified atom stereocenters. The number of benzene rings is 1. The van der Waals surface area contributed by atoms with Gasteiger partial charge in [0.2, 0.25) is 0 Å². The summed E-state index contributed by atoms with van der Waals surface area (Å²) in [5.74, 6) is -0.332. The molecule has 0 fully saturated rings. The standard InChI is InChI=1S/C7H3BrFNOS/c8-4-1-3(9)2-5-6(4)11-7(12)10-5/h1-2H,(H,10,12). The third-order valence-corrected chi connectivity index (χ3v) is 2.21. The van der Waals surface area contributed by atoms with Crippen molar-refractivity contribution in [2.45, 2.75) is 0 Å². The maximum absolute atomic E-state index is 12.8. The van der Waals surface area contributed by atoms with Gasteiger partial charge in [0.15, 0.2) is 5.58 Å². The Morgan fingerprint density at radius 3 is 3.00 bits per heavy atom. The summed E-state index contributed by atoms with van der Waals surface area (Å²) >= 11 is 7.91. The number of rotatable bonds is 0. The Morgan fingerprint density at radius 2 is 2.25 bits per heavy atom. The van der Waals surface area contributed by atoms with Crippen LogP contribution in [-0.4, -0.2) is 4.98 Å². The molecule has 0 atom stereocenters. The Morgan fingerprint density at radius 1 is 1.50 bits per heavy atom. The van der Waals surface area contributed by atoms with Gasteiger partial charge in [-0.25, -0.2) is 4.39 Å². The van der Waals surface area contributed by atoms with Crippen LogP contribution in [0.15, 0.2) is 21.0 Å². The number of aromatic nitrogens is 1. The monoisotopic (exact) mass is 247 g/mol. The molecule has 0 spiro atoms. The average molecular weight is 248 g/mol. The molecule has 0 amide bonds. The second-order valence-electron chi connectivity index (χ2n) is 2.28. The van der Waals surface area contributed by atoms with Crippen LogP contribution in [0.25, 0.3) is 11.1 Å². The lowest BCUT2D eigenvalue weighted by molar-refractivity contribution is 0.580. The molecule has 12 heavy (non-hydrogen) atoms. The number of aromatic amines is 1. The van der Waals surface area contributed by atoms with Crippen LogP contribution in [0.2, 0.25) is 0 Å². The highest BCUT2D eigenvalue weighted by atomic mass is 79.9. The number of hydrogen-bond donors (Lipinski definition) is 1. The minimum atomic E-state index is -0.332. The van der Waals surface area contributed by atoms with Crippen molar-refractivity contribution in [3.8, 4) is 0 Å². The molecular weight excluding hydrogens is 245 g/mol. The van der Waals surface area contributed by atoms with Crippen molar-refractivity contribution in [2.24, 2.45) is 0 Å². The van der Waals surface area contributed by atoms with Crippen molar-refractivity contribution >= 4 is 39.2 Å². The highest BCUT2D eigenvalue weighted by Crippen LogP contribution is 2.24. The zero-order valence-corrected chi connectivity index (χ0v) is 8.13. The van der Waals surface area contributed by atoms with Crippen molar-refractivity contribution in [2.75, 3.05) is 0 Å². The van der Waals surface area contributed by atoms with Gasteiger partial charge in [-0.3, -0.25) is 0 Å². The van der Waals surface area contributed by atoms with E-state index < -0.39 is 0 Å². The Kier molecular flexibility index (Phi) is 1.77. The quantitative estimate of drug-likeness (QED) is 0.724. The lowest BCUT2D eigenvalue weighted by Crippen LogP contribution is -1.75. The minimum Gasteiger partial charge on any atom is -0.428 e. The summed E-state index contributed by atoms with van der Waals surface area (Å²) in [6.07, 6.45) is 0. The maximum atomic E-state index is 12.8. The lowest BCUT2D eigenvalue weighted by Gasteiger charge is -1.91. The van der Waals surface area contributed by atoms with Gasteiger partial charge in [0.25, 0.3) is 4.84 Å². The number of fused-ring (bicyclic) bond motifs is 1. The molecule has 1 aromatic heterocycles. The summed E-state index contributed by atoms with van der Waals surface area (Å²) in [4.78, 5) is 2.96. The van der Waals surface area contributed by atoms with Crippen molar-refractivity contribution < 1.29 is 8.81 Å². The smallest absolute Gasteiger partial charge is 0.266 e. The molecule has 0 aliphatic rings. The fraction of sp³-hybridized carbons (Fsp3) is 0. The van der Waals surface area contributed by atoms with Crippen LogP contribution in [0.4, 0.5) is 4.39 Å². The maximum Gasteiger partial charge on any atom is 0.266 e. The summed E-state index contributed by atoms with van der Waals surface area (Å²) in [5, 5.41) is 0. The molecule has 0 bridgehead atoms. The summed E-state index contributed by atoms with van der Waals surface area (Å²) < 4.78 is 18.4. The van der Waals surface area contributed by atoms with Crippen LogP contribution in [0.1, 0.15) is 0 Å². The number of H-pyrrole nitrogens is 1. The van der Waals surface area contributed by atoms with Gasteiger partial charge in [-0.15, -0.1) is 0 Å². The van der Waals surface area contributed by atoms with Crippen LogP contribution in [0, 0.1) is 10.7 Å². The highest BCUT2D eigenvalue weighted by molar-refractivity contribution is 9.10. The van der Waals surface area contributed by atoms with Crippen LogP contribution < -0.4 is 0 Å². The first-order chi connectivity index (χ1) is 5.66. The van der Waals surface area contributed by atoms with Crippen LogP contribution in [0.5, 0.6) is 0 Å². The largest absolute Gasteiger partial charge is 0.428 e. The zero-order chi connectivity index (χ0) is 8.72. The number of oxazole rings is 1. The molecular formula is C7H3BrFNOS. The molecule has 1 heterocycles. The lowest BCUT2D eigenvalue weighted by atomic mass is 10.3. The Hall–Kier alpha value is -0.680. The molecule has 1 aromatic carbocycles. The van der Waals surface area contributed by atoms with E-state index in [4.69, 9.17) is 16.6 Å². The van der Waals surface area contributed by atoms with E-state index in [1.54, 1.807) is 0 Å². The van der Waals surface area contributed by atoms with Gasteiger partial charge in [-0.2, -0.15) is 0 Å². The van der Waals surface area contributed by atoms with Gasteiger partial charge in [0.1, 0.15) is 5.82 Å². The molecule has 2 aromatic rings. The first kappa shape index (κ1) is 7.94. The summed E-state index contributed by atoms with van der Waals surface area (Å²) in [6, 6.07) is 2.66. The molecule has 2 nitrogen and oxygen atoms in total. The van der Waals surface area contributed by atoms with Crippen LogP contribution in [0.3, 0.4) is 0 Å². The van der Waals surface area contributed by atoms with Crippen molar-refractivity contribution in [1.82, 2.24) is 4.98 Å². The predicted molar refractivity (Wildman–Crippen MR) is 49.1 cm³/mol. The summed E-state index contributed by atoms with van der Waals surface area (Å²) in [7, 11) is 0. The fourth-order valence-electron chi connectivity index (χ4n) is 0.985. The van der Waals surface area contributed by atoms with E-state index in [1.807, 2.05) is 0 Å². The van der Waals surface area contributed by atoms with Crippen molar-refractivity contribution in [3.05, 3.63) is 27.3 Å². The zero-order valence-electron chi connectivity index (χ0n) is 5.73. The van der Waals surface area contributed by atoms with E-state index in [9.17, 15) is 4.39 Å². The van der Waals surface area contributed by atoms with Gasteiger partial charge in [0, 0.05) is 6.07 Å². The third kappa shape index (κ3) is 1.19. The minimum absolute atomic E-state index is 0.247. The SMILES string of the molecule is Fc1cc(Br)c2oc(=S)[nH]c2c1. The van der Waals surface area contributed by atoms with E-state index in [2.05, 4.69) is 20.9 Å². The molecule has 0 aliphatic heterocycles. The van der Waals surface area contributed by atoms with Gasteiger partial charge < -0.3 is 9.40 Å².